The number of rotatable bonds is 6. The molecule has 2 aromatic carbocycles. The van der Waals surface area contributed by atoms with Crippen molar-refractivity contribution >= 4 is 11.8 Å². The summed E-state index contributed by atoms with van der Waals surface area (Å²) in [4.78, 5) is 27.1. The third-order valence-corrected chi connectivity index (χ3v) is 5.31. The first-order valence-electron chi connectivity index (χ1n) is 9.90. The molecule has 1 aliphatic rings. The lowest BCUT2D eigenvalue weighted by Crippen LogP contribution is -2.41. The van der Waals surface area contributed by atoms with Gasteiger partial charge in [-0.2, -0.15) is 0 Å². The van der Waals surface area contributed by atoms with Gasteiger partial charge in [0.2, 0.25) is 5.91 Å². The van der Waals surface area contributed by atoms with Gasteiger partial charge < -0.3 is 10.6 Å². The maximum atomic E-state index is 12.9. The van der Waals surface area contributed by atoms with E-state index >= 15 is 0 Å². The first-order valence-corrected chi connectivity index (χ1v) is 9.90. The van der Waals surface area contributed by atoms with E-state index < -0.39 is 0 Å². The average Bonchev–Trinajstić information content (AvgIpc) is 3.04. The van der Waals surface area contributed by atoms with Crippen LogP contribution in [0.1, 0.15) is 40.4 Å². The molecule has 0 saturated carbocycles. The summed E-state index contributed by atoms with van der Waals surface area (Å²) in [6.45, 7) is 5.27. The van der Waals surface area contributed by atoms with Crippen LogP contribution >= 0.6 is 0 Å². The van der Waals surface area contributed by atoms with Crippen molar-refractivity contribution in [1.82, 2.24) is 15.5 Å². The number of carbonyl (C=O) groups excluding carboxylic acids is 2. The fraction of sp³-hybridized carbons (Fsp3) is 0.391. The Bertz CT molecular complexity index is 832. The Morgan fingerprint density at radius 3 is 2.54 bits per heavy atom. The summed E-state index contributed by atoms with van der Waals surface area (Å²) in [6, 6.07) is 15.9. The third kappa shape index (κ3) is 4.78. The number of aryl methyl sites for hydroxylation is 1. The predicted octanol–water partition coefficient (Wildman–Crippen LogP) is 2.52. The van der Waals surface area contributed by atoms with E-state index in [-0.39, 0.29) is 23.9 Å². The van der Waals surface area contributed by atoms with Gasteiger partial charge in [-0.15, -0.1) is 0 Å². The molecule has 0 unspecified atom stereocenters. The molecule has 3 rings (SSSR count). The SMILES string of the molecule is CCNC(=O)[C@@H]1C[C@@H](NC(=O)c2ccccc2Cc2ccc(C)cc2)CN1C. The van der Waals surface area contributed by atoms with Gasteiger partial charge in [-0.25, -0.2) is 0 Å². The number of benzene rings is 2. The van der Waals surface area contributed by atoms with Gasteiger partial charge in [-0.3, -0.25) is 14.5 Å². The van der Waals surface area contributed by atoms with Gasteiger partial charge in [-0.1, -0.05) is 48.0 Å². The smallest absolute Gasteiger partial charge is 0.251 e. The molecular weight excluding hydrogens is 350 g/mol. The molecule has 148 valence electrons. The lowest BCUT2D eigenvalue weighted by atomic mass is 9.98. The van der Waals surface area contributed by atoms with Gasteiger partial charge in [0.1, 0.15) is 0 Å². The summed E-state index contributed by atoms with van der Waals surface area (Å²) in [7, 11) is 1.93. The second-order valence-corrected chi connectivity index (χ2v) is 7.58. The zero-order chi connectivity index (χ0) is 20.1. The van der Waals surface area contributed by atoms with Crippen LogP contribution in [0.3, 0.4) is 0 Å². The summed E-state index contributed by atoms with van der Waals surface area (Å²) in [5.41, 5.74) is 4.12. The topological polar surface area (TPSA) is 61.4 Å². The van der Waals surface area contributed by atoms with Crippen LogP contribution in [0.2, 0.25) is 0 Å². The minimum atomic E-state index is -0.187. The molecule has 0 aromatic heterocycles. The molecule has 0 radical (unpaired) electrons. The predicted molar refractivity (Wildman–Crippen MR) is 111 cm³/mol. The van der Waals surface area contributed by atoms with Crippen LogP contribution in [0, 0.1) is 6.92 Å². The first-order chi connectivity index (χ1) is 13.5. The highest BCUT2D eigenvalue weighted by Crippen LogP contribution is 2.19. The number of amides is 2. The molecule has 1 heterocycles. The van der Waals surface area contributed by atoms with Crippen molar-refractivity contribution in [2.24, 2.45) is 0 Å². The molecular formula is C23H29N3O2. The Hall–Kier alpha value is -2.66. The minimum absolute atomic E-state index is 0.0292. The molecule has 1 saturated heterocycles. The van der Waals surface area contributed by atoms with Crippen LogP contribution in [0.15, 0.2) is 48.5 Å². The number of nitrogens with one attached hydrogen (secondary N) is 2. The van der Waals surface area contributed by atoms with Crippen molar-refractivity contribution in [3.8, 4) is 0 Å². The lowest BCUT2D eigenvalue weighted by Gasteiger charge is -2.17. The minimum Gasteiger partial charge on any atom is -0.355 e. The molecule has 2 aromatic rings. The molecule has 1 aliphatic heterocycles. The summed E-state index contributed by atoms with van der Waals surface area (Å²) in [5.74, 6) is -0.0424. The van der Waals surface area contributed by atoms with Crippen molar-refractivity contribution in [2.45, 2.75) is 38.8 Å². The van der Waals surface area contributed by atoms with E-state index in [1.165, 1.54) is 11.1 Å². The number of hydrogen-bond acceptors (Lipinski definition) is 3. The van der Waals surface area contributed by atoms with Gasteiger partial charge >= 0.3 is 0 Å². The normalized spacial score (nSPS) is 19.4. The van der Waals surface area contributed by atoms with Crippen LogP contribution in [0.4, 0.5) is 0 Å². The summed E-state index contributed by atoms with van der Waals surface area (Å²) in [6.07, 6.45) is 1.35. The van der Waals surface area contributed by atoms with E-state index in [9.17, 15) is 9.59 Å². The summed E-state index contributed by atoms with van der Waals surface area (Å²) >= 11 is 0. The number of likely N-dealkylation sites (N-methyl/N-ethyl adjacent to an activating group) is 2. The number of carbonyl (C=O) groups is 2. The molecule has 5 nitrogen and oxygen atoms in total. The average molecular weight is 380 g/mol. The second-order valence-electron chi connectivity index (χ2n) is 7.58. The third-order valence-electron chi connectivity index (χ3n) is 5.31. The number of hydrogen-bond donors (Lipinski definition) is 2. The van der Waals surface area contributed by atoms with E-state index in [2.05, 4.69) is 41.8 Å². The molecule has 28 heavy (non-hydrogen) atoms. The molecule has 0 aliphatic carbocycles. The molecule has 1 fully saturated rings. The summed E-state index contributed by atoms with van der Waals surface area (Å²) < 4.78 is 0. The number of likely N-dealkylation sites (tertiary alicyclic amines) is 1. The number of nitrogens with zero attached hydrogens (tertiary/aromatic N) is 1. The van der Waals surface area contributed by atoms with Crippen molar-refractivity contribution in [1.29, 1.82) is 0 Å². The van der Waals surface area contributed by atoms with E-state index in [0.29, 0.717) is 25.1 Å². The highest BCUT2D eigenvalue weighted by atomic mass is 16.2. The van der Waals surface area contributed by atoms with Crippen molar-refractivity contribution in [3.05, 3.63) is 70.8 Å². The fourth-order valence-corrected chi connectivity index (χ4v) is 3.79. The lowest BCUT2D eigenvalue weighted by molar-refractivity contribution is -0.124. The highest BCUT2D eigenvalue weighted by Gasteiger charge is 2.35. The van der Waals surface area contributed by atoms with E-state index in [1.807, 2.05) is 43.1 Å². The molecule has 2 atom stereocenters. The van der Waals surface area contributed by atoms with E-state index in [0.717, 1.165) is 12.0 Å². The quantitative estimate of drug-likeness (QED) is 0.811. The Morgan fingerprint density at radius 2 is 1.82 bits per heavy atom. The maximum absolute atomic E-state index is 12.9. The Balaban J connectivity index is 1.68. The van der Waals surface area contributed by atoms with Crippen molar-refractivity contribution < 1.29 is 9.59 Å². The zero-order valence-corrected chi connectivity index (χ0v) is 16.9. The highest BCUT2D eigenvalue weighted by molar-refractivity contribution is 5.96. The van der Waals surface area contributed by atoms with Gasteiger partial charge in [0.25, 0.3) is 5.91 Å². The Morgan fingerprint density at radius 1 is 1.11 bits per heavy atom. The van der Waals surface area contributed by atoms with Crippen molar-refractivity contribution in [2.75, 3.05) is 20.1 Å². The Labute approximate surface area is 167 Å². The van der Waals surface area contributed by atoms with Crippen LogP contribution in [0.25, 0.3) is 0 Å². The standard InChI is InChI=1S/C23H29N3O2/c1-4-24-23(28)21-14-19(15-26(21)3)25-22(27)20-8-6-5-7-18(20)13-17-11-9-16(2)10-12-17/h5-12,19,21H,4,13-15H2,1-3H3,(H,24,28)(H,25,27)/t19-,21+/m1/s1. The van der Waals surface area contributed by atoms with Crippen LogP contribution in [-0.4, -0.2) is 48.9 Å². The molecule has 2 amide bonds. The van der Waals surface area contributed by atoms with E-state index in [4.69, 9.17) is 0 Å². The van der Waals surface area contributed by atoms with Gasteiger partial charge in [0.15, 0.2) is 0 Å². The van der Waals surface area contributed by atoms with E-state index in [1.54, 1.807) is 0 Å². The molecule has 0 spiro atoms. The second kappa shape index (κ2) is 9.02. The first kappa shape index (κ1) is 20.1. The zero-order valence-electron chi connectivity index (χ0n) is 16.9. The molecule has 2 N–H and O–H groups in total. The van der Waals surface area contributed by atoms with Crippen LogP contribution in [0.5, 0.6) is 0 Å². The van der Waals surface area contributed by atoms with Crippen LogP contribution < -0.4 is 10.6 Å². The Kier molecular flexibility index (Phi) is 6.47. The monoisotopic (exact) mass is 379 g/mol. The van der Waals surface area contributed by atoms with Gasteiger partial charge in [-0.05, 0) is 50.9 Å². The van der Waals surface area contributed by atoms with Gasteiger partial charge in [0, 0.05) is 24.7 Å². The van der Waals surface area contributed by atoms with Crippen molar-refractivity contribution in [3.63, 3.8) is 0 Å². The summed E-state index contributed by atoms with van der Waals surface area (Å²) in [5, 5.41) is 6.00. The molecule has 5 heteroatoms. The van der Waals surface area contributed by atoms with Gasteiger partial charge in [0.05, 0.1) is 6.04 Å². The largest absolute Gasteiger partial charge is 0.355 e. The fourth-order valence-electron chi connectivity index (χ4n) is 3.79. The van der Waals surface area contributed by atoms with Crippen LogP contribution in [-0.2, 0) is 11.2 Å². The maximum Gasteiger partial charge on any atom is 0.251 e. The molecule has 0 bridgehead atoms.